The van der Waals surface area contributed by atoms with Crippen molar-refractivity contribution in [2.75, 3.05) is 32.4 Å². The van der Waals surface area contributed by atoms with Crippen LogP contribution in [0.25, 0.3) is 5.69 Å². The number of halogens is 1. The van der Waals surface area contributed by atoms with Gasteiger partial charge in [-0.1, -0.05) is 11.8 Å². The number of amides is 2. The maximum atomic E-state index is 13.2. The van der Waals surface area contributed by atoms with Gasteiger partial charge in [-0.05, 0) is 30.5 Å². The normalized spacial score (nSPS) is 14.7. The van der Waals surface area contributed by atoms with Gasteiger partial charge in [-0.3, -0.25) is 14.2 Å². The monoisotopic (exact) mass is 362 g/mol. The first-order valence-electron chi connectivity index (χ1n) is 7.93. The summed E-state index contributed by atoms with van der Waals surface area (Å²) in [5.41, 5.74) is 1.13. The van der Waals surface area contributed by atoms with Crippen molar-refractivity contribution in [3.8, 4) is 5.69 Å². The summed E-state index contributed by atoms with van der Waals surface area (Å²) in [5, 5.41) is 0.664. The number of aromatic nitrogens is 2. The summed E-state index contributed by atoms with van der Waals surface area (Å²) >= 11 is 1.42. The molecule has 0 radical (unpaired) electrons. The molecule has 8 heteroatoms. The van der Waals surface area contributed by atoms with Gasteiger partial charge in [0.2, 0.25) is 5.91 Å². The number of nitrogens with zero attached hydrogens (tertiary/aromatic N) is 4. The molecule has 0 bridgehead atoms. The highest BCUT2D eigenvalue weighted by Gasteiger charge is 2.26. The molecule has 6 nitrogen and oxygen atoms in total. The van der Waals surface area contributed by atoms with Crippen molar-refractivity contribution in [3.05, 3.63) is 42.0 Å². The Hall–Kier alpha value is -2.35. The lowest BCUT2D eigenvalue weighted by Gasteiger charge is -2.34. The summed E-state index contributed by atoms with van der Waals surface area (Å²) in [6, 6.07) is 5.97. The van der Waals surface area contributed by atoms with Gasteiger partial charge in [-0.15, -0.1) is 0 Å². The van der Waals surface area contributed by atoms with Crippen molar-refractivity contribution in [3.63, 3.8) is 0 Å². The van der Waals surface area contributed by atoms with Gasteiger partial charge in [0.25, 0.3) is 5.91 Å². The molecule has 2 aromatic rings. The van der Waals surface area contributed by atoms with Crippen LogP contribution in [0, 0.1) is 5.82 Å². The minimum absolute atomic E-state index is 0.0214. The third-order valence-corrected chi connectivity index (χ3v) is 4.88. The van der Waals surface area contributed by atoms with E-state index in [1.165, 1.54) is 30.8 Å². The maximum absolute atomic E-state index is 13.2. The number of hydrogen-bond acceptors (Lipinski definition) is 4. The summed E-state index contributed by atoms with van der Waals surface area (Å²) in [4.78, 5) is 32.1. The van der Waals surface area contributed by atoms with E-state index >= 15 is 0 Å². The summed E-state index contributed by atoms with van der Waals surface area (Å²) in [5.74, 6) is -0.448. The van der Waals surface area contributed by atoms with Crippen LogP contribution < -0.4 is 0 Å². The summed E-state index contributed by atoms with van der Waals surface area (Å²) < 4.78 is 15.0. The molecular weight excluding hydrogens is 343 g/mol. The average molecular weight is 362 g/mol. The van der Waals surface area contributed by atoms with E-state index in [1.807, 2.05) is 6.26 Å². The van der Waals surface area contributed by atoms with Crippen molar-refractivity contribution in [2.45, 2.75) is 12.1 Å². The van der Waals surface area contributed by atoms with E-state index in [1.54, 1.807) is 32.7 Å². The highest BCUT2D eigenvalue weighted by molar-refractivity contribution is 7.98. The van der Waals surface area contributed by atoms with Gasteiger partial charge in [-0.25, -0.2) is 9.37 Å². The number of rotatable bonds is 3. The number of carbonyl (C=O) groups excluding carboxylic acids is 2. The highest BCUT2D eigenvalue weighted by atomic mass is 32.2. The van der Waals surface area contributed by atoms with Crippen molar-refractivity contribution in [2.24, 2.45) is 0 Å². The number of piperazine rings is 1. The first-order valence-corrected chi connectivity index (χ1v) is 9.16. The average Bonchev–Trinajstić information content (AvgIpc) is 3.06. The molecule has 3 rings (SSSR count). The van der Waals surface area contributed by atoms with Crippen molar-refractivity contribution >= 4 is 23.6 Å². The molecule has 2 heterocycles. The summed E-state index contributed by atoms with van der Waals surface area (Å²) in [7, 11) is 0. The van der Waals surface area contributed by atoms with E-state index < -0.39 is 0 Å². The molecule has 25 heavy (non-hydrogen) atoms. The minimum atomic E-state index is -0.331. The van der Waals surface area contributed by atoms with Crippen LogP contribution in [0.15, 0.2) is 35.6 Å². The van der Waals surface area contributed by atoms with Crippen LogP contribution in [-0.2, 0) is 4.79 Å². The number of carbonyl (C=O) groups is 2. The predicted octanol–water partition coefficient (Wildman–Crippen LogP) is 2.04. The van der Waals surface area contributed by atoms with Crippen molar-refractivity contribution < 1.29 is 14.0 Å². The lowest BCUT2D eigenvalue weighted by molar-refractivity contribution is -0.130. The molecule has 1 aromatic carbocycles. The molecule has 1 aliphatic rings. The molecule has 1 aromatic heterocycles. The molecule has 0 atom stereocenters. The quantitative estimate of drug-likeness (QED) is 0.784. The third kappa shape index (κ3) is 3.53. The second-order valence-electron chi connectivity index (χ2n) is 5.74. The highest BCUT2D eigenvalue weighted by Crippen LogP contribution is 2.23. The fourth-order valence-corrected chi connectivity index (χ4v) is 3.40. The molecular formula is C17H19FN4O2S. The zero-order valence-electron chi connectivity index (χ0n) is 14.1. The van der Waals surface area contributed by atoms with Crippen molar-refractivity contribution in [1.29, 1.82) is 0 Å². The molecule has 2 amide bonds. The Labute approximate surface area is 149 Å². The largest absolute Gasteiger partial charge is 0.339 e. The molecule has 0 aliphatic carbocycles. The SMILES string of the molecule is CSc1ncc(C(=O)N2CCN(C(C)=O)CC2)n1-c1ccc(F)cc1. The van der Waals surface area contributed by atoms with Crippen LogP contribution in [0.1, 0.15) is 17.4 Å². The van der Waals surface area contributed by atoms with Gasteiger partial charge in [0, 0.05) is 38.8 Å². The van der Waals surface area contributed by atoms with Gasteiger partial charge in [0.05, 0.1) is 6.20 Å². The Bertz CT molecular complexity index is 782. The second kappa shape index (κ2) is 7.26. The van der Waals surface area contributed by atoms with Crippen LogP contribution >= 0.6 is 11.8 Å². The fourth-order valence-electron chi connectivity index (χ4n) is 2.86. The number of imidazole rings is 1. The Morgan fingerprint density at radius 3 is 2.24 bits per heavy atom. The van der Waals surface area contributed by atoms with E-state index in [9.17, 15) is 14.0 Å². The molecule has 1 aliphatic heterocycles. The Morgan fingerprint density at radius 2 is 1.68 bits per heavy atom. The van der Waals surface area contributed by atoms with Crippen LogP contribution in [0.5, 0.6) is 0 Å². The number of hydrogen-bond donors (Lipinski definition) is 0. The second-order valence-corrected chi connectivity index (χ2v) is 6.51. The van der Waals surface area contributed by atoms with Crippen LogP contribution in [-0.4, -0.2) is 63.6 Å². The first kappa shape index (κ1) is 17.5. The van der Waals surface area contributed by atoms with Gasteiger partial charge in [0.1, 0.15) is 11.5 Å². The van der Waals surface area contributed by atoms with Crippen LogP contribution in [0.4, 0.5) is 4.39 Å². The molecule has 0 spiro atoms. The lowest BCUT2D eigenvalue weighted by Crippen LogP contribution is -2.50. The van der Waals surface area contributed by atoms with Crippen LogP contribution in [0.2, 0.25) is 0 Å². The molecule has 0 saturated carbocycles. The number of benzene rings is 1. The molecule has 0 unspecified atom stereocenters. The third-order valence-electron chi connectivity index (χ3n) is 4.23. The fraction of sp³-hybridized carbons (Fsp3) is 0.353. The van der Waals surface area contributed by atoms with Crippen molar-refractivity contribution in [1.82, 2.24) is 19.4 Å². The van der Waals surface area contributed by atoms with Gasteiger partial charge in [0.15, 0.2) is 5.16 Å². The number of thioether (sulfide) groups is 1. The topological polar surface area (TPSA) is 58.4 Å². The molecule has 132 valence electrons. The molecule has 0 N–H and O–H groups in total. The zero-order chi connectivity index (χ0) is 18.0. The smallest absolute Gasteiger partial charge is 0.272 e. The summed E-state index contributed by atoms with van der Waals surface area (Å²) in [6.07, 6.45) is 3.43. The van der Waals surface area contributed by atoms with E-state index in [4.69, 9.17) is 0 Å². The lowest BCUT2D eigenvalue weighted by atomic mass is 10.2. The standard InChI is InChI=1S/C17H19FN4O2S/c1-12(23)20-7-9-21(10-8-20)16(24)15-11-19-17(25-2)22(15)14-5-3-13(18)4-6-14/h3-6,11H,7-10H2,1-2H3. The van der Waals surface area contributed by atoms with E-state index in [0.717, 1.165) is 0 Å². The molecule has 1 saturated heterocycles. The Morgan fingerprint density at radius 1 is 1.08 bits per heavy atom. The van der Waals surface area contributed by atoms with Gasteiger partial charge < -0.3 is 9.80 Å². The van der Waals surface area contributed by atoms with E-state index in [-0.39, 0.29) is 17.6 Å². The van der Waals surface area contributed by atoms with E-state index in [2.05, 4.69) is 4.98 Å². The Balaban J connectivity index is 1.87. The predicted molar refractivity (Wildman–Crippen MR) is 93.5 cm³/mol. The Kier molecular flexibility index (Phi) is 5.08. The van der Waals surface area contributed by atoms with Gasteiger partial charge >= 0.3 is 0 Å². The van der Waals surface area contributed by atoms with Crippen LogP contribution in [0.3, 0.4) is 0 Å². The minimum Gasteiger partial charge on any atom is -0.339 e. The van der Waals surface area contributed by atoms with E-state index in [0.29, 0.717) is 42.7 Å². The maximum Gasteiger partial charge on any atom is 0.272 e. The van der Waals surface area contributed by atoms with Gasteiger partial charge in [-0.2, -0.15) is 0 Å². The summed E-state index contributed by atoms with van der Waals surface area (Å²) in [6.45, 7) is 3.57. The zero-order valence-corrected chi connectivity index (χ0v) is 14.9. The molecule has 1 fully saturated rings. The first-order chi connectivity index (χ1) is 12.0.